The summed E-state index contributed by atoms with van der Waals surface area (Å²) in [6, 6.07) is 0. The number of amides is 1. The first kappa shape index (κ1) is 14.0. The maximum Gasteiger partial charge on any atom is 0.303 e. The maximum atomic E-state index is 11.7. The predicted molar refractivity (Wildman–Crippen MR) is 62.6 cm³/mol. The van der Waals surface area contributed by atoms with Crippen LogP contribution in [0.2, 0.25) is 0 Å². The molecular formula is C12H21NO4. The van der Waals surface area contributed by atoms with E-state index in [0.29, 0.717) is 19.1 Å². The molecule has 0 aromatic rings. The monoisotopic (exact) mass is 243 g/mol. The number of hydrogen-bond donors (Lipinski definition) is 2. The molecule has 17 heavy (non-hydrogen) atoms. The van der Waals surface area contributed by atoms with Gasteiger partial charge in [0.25, 0.3) is 0 Å². The van der Waals surface area contributed by atoms with E-state index in [1.165, 1.54) is 0 Å². The number of aliphatic carboxylic acids is 1. The van der Waals surface area contributed by atoms with Crippen molar-refractivity contribution < 1.29 is 19.4 Å². The molecule has 0 aromatic heterocycles. The highest BCUT2D eigenvalue weighted by Gasteiger charge is 2.25. The van der Waals surface area contributed by atoms with Gasteiger partial charge in [-0.2, -0.15) is 0 Å². The summed E-state index contributed by atoms with van der Waals surface area (Å²) in [6.45, 7) is 0.454. The number of ether oxygens (including phenoxy) is 1. The van der Waals surface area contributed by atoms with E-state index in [2.05, 4.69) is 5.32 Å². The van der Waals surface area contributed by atoms with Gasteiger partial charge in [0.1, 0.15) is 0 Å². The Labute approximate surface area is 102 Å². The van der Waals surface area contributed by atoms with Gasteiger partial charge in [-0.1, -0.05) is 0 Å². The fourth-order valence-corrected chi connectivity index (χ4v) is 2.16. The third kappa shape index (κ3) is 5.17. The van der Waals surface area contributed by atoms with Crippen molar-refractivity contribution in [3.8, 4) is 0 Å². The second kappa shape index (κ2) is 7.27. The van der Waals surface area contributed by atoms with E-state index in [9.17, 15) is 9.59 Å². The van der Waals surface area contributed by atoms with Crippen LogP contribution in [0.1, 0.15) is 38.5 Å². The molecule has 2 N–H and O–H groups in total. The number of carboxylic acids is 1. The largest absolute Gasteiger partial charge is 0.481 e. The van der Waals surface area contributed by atoms with Crippen LogP contribution in [-0.2, 0) is 14.3 Å². The Morgan fingerprint density at radius 2 is 1.94 bits per heavy atom. The fraction of sp³-hybridized carbons (Fsp3) is 0.833. The first-order chi connectivity index (χ1) is 8.13. The van der Waals surface area contributed by atoms with Gasteiger partial charge in [0.15, 0.2) is 0 Å². The minimum Gasteiger partial charge on any atom is -0.481 e. The third-order valence-electron chi connectivity index (χ3n) is 3.24. The molecule has 0 spiro atoms. The van der Waals surface area contributed by atoms with Gasteiger partial charge in [0.2, 0.25) is 5.91 Å². The van der Waals surface area contributed by atoms with Gasteiger partial charge >= 0.3 is 5.97 Å². The van der Waals surface area contributed by atoms with Gasteiger partial charge in [0.05, 0.1) is 6.10 Å². The summed E-state index contributed by atoms with van der Waals surface area (Å²) < 4.78 is 5.25. The second-order valence-corrected chi connectivity index (χ2v) is 4.50. The third-order valence-corrected chi connectivity index (χ3v) is 3.24. The molecule has 1 aliphatic rings. The van der Waals surface area contributed by atoms with Gasteiger partial charge in [-0.15, -0.1) is 0 Å². The average molecular weight is 243 g/mol. The smallest absolute Gasteiger partial charge is 0.303 e. The molecule has 0 radical (unpaired) electrons. The van der Waals surface area contributed by atoms with Gasteiger partial charge in [0, 0.05) is 26.0 Å². The number of carbonyl (C=O) groups is 2. The molecule has 1 aliphatic carbocycles. The van der Waals surface area contributed by atoms with E-state index in [1.54, 1.807) is 7.11 Å². The van der Waals surface area contributed by atoms with Crippen LogP contribution < -0.4 is 5.32 Å². The molecule has 1 saturated carbocycles. The average Bonchev–Trinajstić information content (AvgIpc) is 2.34. The molecule has 0 saturated heterocycles. The van der Waals surface area contributed by atoms with Crippen LogP contribution >= 0.6 is 0 Å². The maximum absolute atomic E-state index is 11.7. The molecule has 98 valence electrons. The summed E-state index contributed by atoms with van der Waals surface area (Å²) in [5.74, 6) is -0.684. The topological polar surface area (TPSA) is 75.6 Å². The molecule has 0 bridgehead atoms. The Balaban J connectivity index is 2.14. The molecule has 1 rings (SSSR count). The van der Waals surface area contributed by atoms with E-state index in [4.69, 9.17) is 9.84 Å². The summed E-state index contributed by atoms with van der Waals surface area (Å²) in [5.41, 5.74) is 0. The Hall–Kier alpha value is -1.10. The van der Waals surface area contributed by atoms with E-state index >= 15 is 0 Å². The Morgan fingerprint density at radius 3 is 2.47 bits per heavy atom. The van der Waals surface area contributed by atoms with Crippen molar-refractivity contribution in [1.82, 2.24) is 5.32 Å². The number of hydrogen-bond acceptors (Lipinski definition) is 3. The van der Waals surface area contributed by atoms with Gasteiger partial charge in [-0.3, -0.25) is 9.59 Å². The van der Waals surface area contributed by atoms with Crippen molar-refractivity contribution in [3.63, 3.8) is 0 Å². The van der Waals surface area contributed by atoms with E-state index in [-0.39, 0.29) is 18.2 Å². The zero-order chi connectivity index (χ0) is 12.7. The highest BCUT2D eigenvalue weighted by atomic mass is 16.5. The molecule has 0 aromatic carbocycles. The number of methoxy groups -OCH3 is 1. The lowest BCUT2D eigenvalue weighted by molar-refractivity contribution is -0.137. The highest BCUT2D eigenvalue weighted by Crippen LogP contribution is 2.25. The van der Waals surface area contributed by atoms with E-state index in [1.807, 2.05) is 0 Å². The summed E-state index contributed by atoms with van der Waals surface area (Å²) in [6.07, 6.45) is 4.50. The van der Waals surface area contributed by atoms with Crippen molar-refractivity contribution in [2.75, 3.05) is 13.7 Å². The molecule has 1 fully saturated rings. The van der Waals surface area contributed by atoms with Crippen molar-refractivity contribution in [3.05, 3.63) is 0 Å². The van der Waals surface area contributed by atoms with Gasteiger partial charge in [-0.05, 0) is 32.1 Å². The first-order valence-corrected chi connectivity index (χ1v) is 6.15. The van der Waals surface area contributed by atoms with Crippen molar-refractivity contribution >= 4 is 11.9 Å². The zero-order valence-corrected chi connectivity index (χ0v) is 10.3. The van der Waals surface area contributed by atoms with E-state index in [0.717, 1.165) is 25.7 Å². The summed E-state index contributed by atoms with van der Waals surface area (Å²) >= 11 is 0. The molecule has 0 unspecified atom stereocenters. The SMILES string of the molecule is COC1CCC(C(=O)NCCCC(=O)O)CC1. The van der Waals surface area contributed by atoms with Crippen molar-refractivity contribution in [1.29, 1.82) is 0 Å². The Bertz CT molecular complexity index is 259. The number of nitrogens with one attached hydrogen (secondary N) is 1. The Morgan fingerprint density at radius 1 is 1.29 bits per heavy atom. The molecule has 1 amide bonds. The van der Waals surface area contributed by atoms with Crippen LogP contribution in [0.3, 0.4) is 0 Å². The summed E-state index contributed by atoms with van der Waals surface area (Å²) in [4.78, 5) is 22.0. The van der Waals surface area contributed by atoms with Crippen LogP contribution in [0.15, 0.2) is 0 Å². The minimum absolute atomic E-state index is 0.0601. The zero-order valence-electron chi connectivity index (χ0n) is 10.3. The number of carboxylic acid groups (broad SMARTS) is 1. The van der Waals surface area contributed by atoms with Crippen LogP contribution in [0.25, 0.3) is 0 Å². The quantitative estimate of drug-likeness (QED) is 0.687. The molecule has 0 heterocycles. The summed E-state index contributed by atoms with van der Waals surface area (Å²) in [5, 5.41) is 11.3. The lowest BCUT2D eigenvalue weighted by atomic mass is 9.87. The Kier molecular flexibility index (Phi) is 5.97. The highest BCUT2D eigenvalue weighted by molar-refractivity contribution is 5.78. The van der Waals surface area contributed by atoms with Crippen LogP contribution in [-0.4, -0.2) is 36.7 Å². The lowest BCUT2D eigenvalue weighted by Gasteiger charge is -2.26. The first-order valence-electron chi connectivity index (χ1n) is 6.15. The van der Waals surface area contributed by atoms with Crippen LogP contribution in [0, 0.1) is 5.92 Å². The number of rotatable bonds is 6. The second-order valence-electron chi connectivity index (χ2n) is 4.50. The fourth-order valence-electron chi connectivity index (χ4n) is 2.16. The normalized spacial score (nSPS) is 24.3. The van der Waals surface area contributed by atoms with Crippen LogP contribution in [0.4, 0.5) is 0 Å². The molecule has 0 aliphatic heterocycles. The molecule has 5 nitrogen and oxygen atoms in total. The standard InChI is InChI=1S/C12H21NO4/c1-17-10-6-4-9(5-7-10)12(16)13-8-2-3-11(14)15/h9-10H,2-8H2,1H3,(H,13,16)(H,14,15). The van der Waals surface area contributed by atoms with Gasteiger partial charge < -0.3 is 15.2 Å². The van der Waals surface area contributed by atoms with Crippen molar-refractivity contribution in [2.24, 2.45) is 5.92 Å². The number of carbonyl (C=O) groups excluding carboxylic acids is 1. The predicted octanol–water partition coefficient (Wildman–Crippen LogP) is 1.17. The summed E-state index contributed by atoms with van der Waals surface area (Å²) in [7, 11) is 1.71. The lowest BCUT2D eigenvalue weighted by Crippen LogP contribution is -2.35. The molecule has 0 atom stereocenters. The van der Waals surface area contributed by atoms with Crippen molar-refractivity contribution in [2.45, 2.75) is 44.6 Å². The van der Waals surface area contributed by atoms with Gasteiger partial charge in [-0.25, -0.2) is 0 Å². The molecular weight excluding hydrogens is 222 g/mol. The molecule has 5 heteroatoms. The van der Waals surface area contributed by atoms with Crippen LogP contribution in [0.5, 0.6) is 0 Å². The minimum atomic E-state index is -0.820. The van der Waals surface area contributed by atoms with E-state index < -0.39 is 5.97 Å².